The summed E-state index contributed by atoms with van der Waals surface area (Å²) in [5.74, 6) is -2.49. The van der Waals surface area contributed by atoms with E-state index in [-0.39, 0.29) is 23.4 Å². The average Bonchev–Trinajstić information content (AvgIpc) is 2.97. The molecule has 0 radical (unpaired) electrons. The molecular formula is C16H17NO7. The molecular weight excluding hydrogens is 318 g/mol. The Morgan fingerprint density at radius 3 is 2.54 bits per heavy atom. The number of ether oxygens (including phenoxy) is 3. The zero-order valence-electron chi connectivity index (χ0n) is 13.3. The van der Waals surface area contributed by atoms with Gasteiger partial charge in [0.2, 0.25) is 0 Å². The smallest absolute Gasteiger partial charge is 0.341 e. The maximum atomic E-state index is 12.2. The lowest BCUT2D eigenvalue weighted by atomic mass is 10.1. The molecule has 0 unspecified atom stereocenters. The second-order valence-corrected chi connectivity index (χ2v) is 5.34. The van der Waals surface area contributed by atoms with Crippen LogP contribution in [0, 0.1) is 10.1 Å². The van der Waals surface area contributed by atoms with Crippen molar-refractivity contribution in [2.75, 3.05) is 19.8 Å². The summed E-state index contributed by atoms with van der Waals surface area (Å²) in [7, 11) is 0. The maximum absolute atomic E-state index is 12.2. The molecule has 0 atom stereocenters. The van der Waals surface area contributed by atoms with Gasteiger partial charge in [-0.2, -0.15) is 0 Å². The molecule has 1 aromatic rings. The van der Waals surface area contributed by atoms with Crippen molar-refractivity contribution < 1.29 is 28.7 Å². The van der Waals surface area contributed by atoms with Gasteiger partial charge in [0.05, 0.1) is 23.7 Å². The average molecular weight is 335 g/mol. The summed E-state index contributed by atoms with van der Waals surface area (Å²) in [5, 5.41) is 11.0. The molecule has 1 fully saturated rings. The number of nitro benzene ring substituents is 1. The largest absolute Gasteiger partial charge is 0.456 e. The van der Waals surface area contributed by atoms with Crippen molar-refractivity contribution in [2.24, 2.45) is 0 Å². The number of nitrogens with zero attached hydrogens (tertiary/aromatic N) is 1. The highest BCUT2D eigenvalue weighted by molar-refractivity contribution is 6.20. The predicted octanol–water partition coefficient (Wildman–Crippen LogP) is 1.87. The van der Waals surface area contributed by atoms with Crippen LogP contribution in [0.1, 0.15) is 19.4 Å². The van der Waals surface area contributed by atoms with Gasteiger partial charge in [-0.05, 0) is 26.0 Å². The first-order valence-electron chi connectivity index (χ1n) is 7.23. The standard InChI is InChI=1S/C16H17NO7/c1-11(18)13(9-12-5-3-4-6-14(12)17(20)21)15(19)22-10-16(2)23-7-8-24-16/h3-6,9H,7-8,10H2,1-2H3/b13-9+. The number of rotatable bonds is 6. The van der Waals surface area contributed by atoms with Gasteiger partial charge in [0, 0.05) is 6.07 Å². The molecule has 0 spiro atoms. The highest BCUT2D eigenvalue weighted by Crippen LogP contribution is 2.23. The van der Waals surface area contributed by atoms with Crippen LogP contribution in [-0.2, 0) is 23.8 Å². The van der Waals surface area contributed by atoms with Gasteiger partial charge in [-0.1, -0.05) is 12.1 Å². The van der Waals surface area contributed by atoms with E-state index in [4.69, 9.17) is 14.2 Å². The minimum atomic E-state index is -1.05. The Bertz CT molecular complexity index is 689. The number of esters is 1. The summed E-state index contributed by atoms with van der Waals surface area (Å²) in [6.45, 7) is 3.39. The van der Waals surface area contributed by atoms with Gasteiger partial charge in [0.25, 0.3) is 5.69 Å². The van der Waals surface area contributed by atoms with Crippen LogP contribution in [0.25, 0.3) is 6.08 Å². The third kappa shape index (κ3) is 4.24. The molecule has 0 aliphatic carbocycles. The predicted molar refractivity (Wildman–Crippen MR) is 83.0 cm³/mol. The summed E-state index contributed by atoms with van der Waals surface area (Å²) in [6.07, 6.45) is 1.15. The molecule has 0 N–H and O–H groups in total. The van der Waals surface area contributed by atoms with Crippen LogP contribution >= 0.6 is 0 Å². The van der Waals surface area contributed by atoms with E-state index in [2.05, 4.69) is 0 Å². The number of ketones is 1. The van der Waals surface area contributed by atoms with Gasteiger partial charge < -0.3 is 14.2 Å². The van der Waals surface area contributed by atoms with Gasteiger partial charge in [-0.25, -0.2) is 4.79 Å². The Morgan fingerprint density at radius 2 is 1.96 bits per heavy atom. The summed E-state index contributed by atoms with van der Waals surface area (Å²) in [5.41, 5.74) is -0.353. The van der Waals surface area contributed by atoms with Crippen LogP contribution in [0.5, 0.6) is 0 Å². The van der Waals surface area contributed by atoms with E-state index in [1.807, 2.05) is 0 Å². The topological polar surface area (TPSA) is 105 Å². The molecule has 128 valence electrons. The minimum absolute atomic E-state index is 0.143. The number of hydrogen-bond acceptors (Lipinski definition) is 7. The first-order valence-corrected chi connectivity index (χ1v) is 7.23. The molecule has 24 heavy (non-hydrogen) atoms. The number of hydrogen-bond donors (Lipinski definition) is 0. The van der Waals surface area contributed by atoms with Gasteiger partial charge >= 0.3 is 5.97 Å². The maximum Gasteiger partial charge on any atom is 0.341 e. The number of carbonyl (C=O) groups excluding carboxylic acids is 2. The normalized spacial score (nSPS) is 16.7. The van der Waals surface area contributed by atoms with Crippen LogP contribution in [0.4, 0.5) is 5.69 Å². The number of Topliss-reactive ketones (excluding diaryl/α,β-unsaturated/α-hetero) is 1. The van der Waals surface area contributed by atoms with Crippen molar-refractivity contribution >= 4 is 23.5 Å². The summed E-state index contributed by atoms with van der Waals surface area (Å²) in [4.78, 5) is 34.4. The summed E-state index contributed by atoms with van der Waals surface area (Å²) < 4.78 is 15.7. The monoisotopic (exact) mass is 335 g/mol. The fraction of sp³-hybridized carbons (Fsp3) is 0.375. The first-order chi connectivity index (χ1) is 11.3. The molecule has 1 aliphatic heterocycles. The third-order valence-corrected chi connectivity index (χ3v) is 3.40. The second-order valence-electron chi connectivity index (χ2n) is 5.34. The lowest BCUT2D eigenvalue weighted by Gasteiger charge is -2.21. The van der Waals surface area contributed by atoms with E-state index in [0.717, 1.165) is 6.08 Å². The fourth-order valence-electron chi connectivity index (χ4n) is 2.15. The van der Waals surface area contributed by atoms with Crippen molar-refractivity contribution in [3.63, 3.8) is 0 Å². The van der Waals surface area contributed by atoms with Gasteiger partial charge in [0.15, 0.2) is 11.6 Å². The molecule has 1 aromatic carbocycles. The molecule has 0 bridgehead atoms. The van der Waals surface area contributed by atoms with E-state index in [9.17, 15) is 19.7 Å². The Hall–Kier alpha value is -2.58. The van der Waals surface area contributed by atoms with E-state index in [1.165, 1.54) is 25.1 Å². The molecule has 2 rings (SSSR count). The molecule has 0 saturated carbocycles. The lowest BCUT2D eigenvalue weighted by molar-refractivity contribution is -0.385. The molecule has 0 aromatic heterocycles. The van der Waals surface area contributed by atoms with Crippen LogP contribution < -0.4 is 0 Å². The van der Waals surface area contributed by atoms with Gasteiger partial charge in [-0.15, -0.1) is 0 Å². The fourth-order valence-corrected chi connectivity index (χ4v) is 2.15. The molecule has 1 heterocycles. The Morgan fingerprint density at radius 1 is 1.33 bits per heavy atom. The SMILES string of the molecule is CC(=O)/C(=C\c1ccccc1[N+](=O)[O-])C(=O)OCC1(C)OCCO1. The molecule has 1 saturated heterocycles. The van der Waals surface area contributed by atoms with Crippen LogP contribution in [-0.4, -0.2) is 42.3 Å². The lowest BCUT2D eigenvalue weighted by Crippen LogP contribution is -2.33. The molecule has 8 nitrogen and oxygen atoms in total. The van der Waals surface area contributed by atoms with Crippen molar-refractivity contribution in [3.8, 4) is 0 Å². The van der Waals surface area contributed by atoms with Gasteiger partial charge in [0.1, 0.15) is 12.2 Å². The Labute approximate surface area is 138 Å². The van der Waals surface area contributed by atoms with Crippen LogP contribution in [0.2, 0.25) is 0 Å². The number of nitro groups is 1. The van der Waals surface area contributed by atoms with Crippen molar-refractivity contribution in [2.45, 2.75) is 19.6 Å². The molecule has 8 heteroatoms. The summed E-state index contributed by atoms with van der Waals surface area (Å²) in [6, 6.07) is 5.80. The van der Waals surface area contributed by atoms with E-state index >= 15 is 0 Å². The zero-order chi connectivity index (χ0) is 17.7. The zero-order valence-corrected chi connectivity index (χ0v) is 13.3. The summed E-state index contributed by atoms with van der Waals surface area (Å²) >= 11 is 0. The number of para-hydroxylation sites is 1. The van der Waals surface area contributed by atoms with Crippen molar-refractivity contribution in [1.29, 1.82) is 0 Å². The highest BCUT2D eigenvalue weighted by Gasteiger charge is 2.33. The highest BCUT2D eigenvalue weighted by atomic mass is 16.8. The Balaban J connectivity index is 2.21. The molecule has 0 amide bonds. The van der Waals surface area contributed by atoms with Crippen LogP contribution in [0.3, 0.4) is 0 Å². The van der Waals surface area contributed by atoms with Crippen molar-refractivity contribution in [1.82, 2.24) is 0 Å². The molecule has 1 aliphatic rings. The number of benzene rings is 1. The third-order valence-electron chi connectivity index (χ3n) is 3.40. The minimum Gasteiger partial charge on any atom is -0.456 e. The number of carbonyl (C=O) groups is 2. The van der Waals surface area contributed by atoms with Crippen molar-refractivity contribution in [3.05, 3.63) is 45.5 Å². The van der Waals surface area contributed by atoms with E-state index < -0.39 is 22.5 Å². The van der Waals surface area contributed by atoms with E-state index in [1.54, 1.807) is 13.0 Å². The first kappa shape index (κ1) is 17.8. The quantitative estimate of drug-likeness (QED) is 0.195. The van der Waals surface area contributed by atoms with Gasteiger partial charge in [-0.3, -0.25) is 14.9 Å². The second kappa shape index (κ2) is 7.33. The van der Waals surface area contributed by atoms with Crippen LogP contribution in [0.15, 0.2) is 29.8 Å². The Kier molecular flexibility index (Phi) is 5.42. The van der Waals surface area contributed by atoms with E-state index in [0.29, 0.717) is 13.2 Å².